The van der Waals surface area contributed by atoms with Crippen LogP contribution in [0.4, 0.5) is 33.6 Å². The second-order valence-corrected chi connectivity index (χ2v) is 10.6. The summed E-state index contributed by atoms with van der Waals surface area (Å²) in [6.07, 6.45) is -3.18. The Morgan fingerprint density at radius 1 is 1.05 bits per heavy atom. The van der Waals surface area contributed by atoms with E-state index in [0.717, 1.165) is 25.4 Å². The number of alkyl halides is 3. The molecule has 2 aromatic carbocycles. The van der Waals surface area contributed by atoms with Gasteiger partial charge in [0.05, 0.1) is 11.6 Å². The molecule has 3 aromatic rings. The van der Waals surface area contributed by atoms with Crippen LogP contribution in [0.3, 0.4) is 0 Å². The van der Waals surface area contributed by atoms with Crippen LogP contribution >= 0.6 is 0 Å². The molecule has 7 nitrogen and oxygen atoms in total. The van der Waals surface area contributed by atoms with Crippen molar-refractivity contribution in [3.63, 3.8) is 0 Å². The van der Waals surface area contributed by atoms with Gasteiger partial charge in [-0.1, -0.05) is 12.1 Å². The maximum Gasteiger partial charge on any atom is 0.434 e. The van der Waals surface area contributed by atoms with Gasteiger partial charge in [-0.3, -0.25) is 4.79 Å². The molecule has 0 spiro atoms. The molecule has 0 amide bonds. The lowest BCUT2D eigenvalue weighted by Gasteiger charge is -2.43. The molecule has 0 N–H and O–H groups in total. The molecule has 4 rings (SSSR count). The Bertz CT molecular complexity index is 1450. The summed E-state index contributed by atoms with van der Waals surface area (Å²) in [5.41, 5.74) is -1.10. The van der Waals surface area contributed by atoms with Crippen LogP contribution in [0, 0.1) is 11.6 Å². The monoisotopic (exact) mass is 540 g/mol. The van der Waals surface area contributed by atoms with Gasteiger partial charge in [0.25, 0.3) is 0 Å². The highest BCUT2D eigenvalue weighted by Gasteiger charge is 2.39. The smallest absolute Gasteiger partial charge is 0.367 e. The van der Waals surface area contributed by atoms with E-state index in [1.807, 2.05) is 0 Å². The zero-order chi connectivity index (χ0) is 27.1. The van der Waals surface area contributed by atoms with E-state index >= 15 is 0 Å². The van der Waals surface area contributed by atoms with Gasteiger partial charge < -0.3 is 9.80 Å². The van der Waals surface area contributed by atoms with E-state index < -0.39 is 55.6 Å². The molecule has 0 aliphatic carbocycles. The van der Waals surface area contributed by atoms with Gasteiger partial charge in [0, 0.05) is 37.8 Å². The summed E-state index contributed by atoms with van der Waals surface area (Å²) in [6.45, 7) is 1.39. The first-order valence-corrected chi connectivity index (χ1v) is 12.9. The van der Waals surface area contributed by atoms with Crippen molar-refractivity contribution in [2.75, 3.05) is 35.7 Å². The topological polar surface area (TPSA) is 83.5 Å². The number of anilines is 2. The van der Waals surface area contributed by atoms with E-state index in [1.165, 1.54) is 41.3 Å². The van der Waals surface area contributed by atoms with Crippen LogP contribution in [-0.4, -0.2) is 50.1 Å². The van der Waals surface area contributed by atoms with Gasteiger partial charge in [0.2, 0.25) is 5.95 Å². The van der Waals surface area contributed by atoms with E-state index in [0.29, 0.717) is 11.3 Å². The Balaban J connectivity index is 1.77. The summed E-state index contributed by atoms with van der Waals surface area (Å²) < 4.78 is 92.8. The van der Waals surface area contributed by atoms with E-state index in [9.17, 15) is 35.2 Å². The fraction of sp³-hybridized carbons (Fsp3) is 0.292. The Labute approximate surface area is 209 Å². The molecule has 1 saturated heterocycles. The molecule has 13 heteroatoms. The minimum Gasteiger partial charge on any atom is -0.367 e. The first kappa shape index (κ1) is 26.5. The average molecular weight is 541 g/mol. The number of ketones is 1. The minimum atomic E-state index is -4.90. The number of carbonyl (C=O) groups is 1. The van der Waals surface area contributed by atoms with Crippen LogP contribution in [-0.2, 0) is 16.0 Å². The molecular weight excluding hydrogens is 519 g/mol. The fourth-order valence-electron chi connectivity index (χ4n) is 4.18. The van der Waals surface area contributed by atoms with Crippen molar-refractivity contribution in [3.8, 4) is 0 Å². The predicted molar refractivity (Wildman–Crippen MR) is 125 cm³/mol. The molecule has 0 saturated carbocycles. The van der Waals surface area contributed by atoms with Gasteiger partial charge in [-0.25, -0.2) is 27.2 Å². The van der Waals surface area contributed by atoms with E-state index in [1.54, 1.807) is 4.90 Å². The minimum absolute atomic E-state index is 0.0876. The zero-order valence-electron chi connectivity index (χ0n) is 19.6. The SMILES string of the molecule is CC(=O)c1cnc(N2CCN(c3ccc(F)c(S(C)(=O)=O)c3)CC2c2ccc(F)cc2)nc1C(F)(F)F. The van der Waals surface area contributed by atoms with Gasteiger partial charge >= 0.3 is 6.18 Å². The summed E-state index contributed by atoms with van der Waals surface area (Å²) in [5.74, 6) is -2.53. The lowest BCUT2D eigenvalue weighted by Crippen LogP contribution is -2.49. The Kier molecular flexibility index (Phi) is 6.93. The third-order valence-electron chi connectivity index (χ3n) is 6.00. The fourth-order valence-corrected chi connectivity index (χ4v) is 4.94. The van der Waals surface area contributed by atoms with Crippen LogP contribution in [0.15, 0.2) is 53.6 Å². The number of hydrogen-bond acceptors (Lipinski definition) is 7. The van der Waals surface area contributed by atoms with E-state index in [-0.39, 0.29) is 25.6 Å². The van der Waals surface area contributed by atoms with E-state index in [2.05, 4.69) is 9.97 Å². The van der Waals surface area contributed by atoms with Gasteiger partial charge in [-0.2, -0.15) is 13.2 Å². The Morgan fingerprint density at radius 2 is 1.73 bits per heavy atom. The highest BCUT2D eigenvalue weighted by atomic mass is 32.2. The number of piperazine rings is 1. The number of nitrogens with zero attached hydrogens (tertiary/aromatic N) is 4. The number of hydrogen-bond donors (Lipinski definition) is 0. The molecule has 1 fully saturated rings. The molecular formula is C24H21F5N4O3S. The van der Waals surface area contributed by atoms with Crippen molar-refractivity contribution in [3.05, 3.63) is 77.1 Å². The third kappa shape index (κ3) is 5.55. The van der Waals surface area contributed by atoms with E-state index in [4.69, 9.17) is 0 Å². The van der Waals surface area contributed by atoms with Crippen molar-refractivity contribution in [2.24, 2.45) is 0 Å². The molecule has 2 heterocycles. The number of benzene rings is 2. The molecule has 1 aromatic heterocycles. The number of halogens is 5. The largest absolute Gasteiger partial charge is 0.434 e. The summed E-state index contributed by atoms with van der Waals surface area (Å²) in [6, 6.07) is 8.29. The highest BCUT2D eigenvalue weighted by Crippen LogP contribution is 2.35. The van der Waals surface area contributed by atoms with Gasteiger partial charge in [0.1, 0.15) is 16.5 Å². The van der Waals surface area contributed by atoms with Crippen molar-refractivity contribution < 1.29 is 35.2 Å². The van der Waals surface area contributed by atoms with Gasteiger partial charge in [0.15, 0.2) is 21.3 Å². The van der Waals surface area contributed by atoms with Gasteiger partial charge in [-0.15, -0.1) is 0 Å². The highest BCUT2D eigenvalue weighted by molar-refractivity contribution is 7.90. The standard InChI is InChI=1S/C24H21F5N4O3S/c1-14(34)18-12-30-23(31-22(18)24(27,28)29)33-10-9-32(13-20(33)15-3-5-16(25)6-4-15)17-7-8-19(26)21(11-17)37(2,35)36/h3-8,11-12,20H,9-10,13H2,1-2H3. The molecule has 1 aliphatic heterocycles. The number of sulfone groups is 1. The van der Waals surface area contributed by atoms with Crippen LogP contribution in [0.2, 0.25) is 0 Å². The van der Waals surface area contributed by atoms with Crippen LogP contribution in [0.1, 0.15) is 34.6 Å². The van der Waals surface area contributed by atoms with Gasteiger partial charge in [-0.05, 0) is 42.8 Å². The van der Waals surface area contributed by atoms with Crippen molar-refractivity contribution in [1.82, 2.24) is 9.97 Å². The van der Waals surface area contributed by atoms with Crippen molar-refractivity contribution >= 4 is 27.3 Å². The maximum atomic E-state index is 14.1. The first-order valence-electron chi connectivity index (χ1n) is 11.0. The van der Waals surface area contributed by atoms with Crippen molar-refractivity contribution in [1.29, 1.82) is 0 Å². The van der Waals surface area contributed by atoms with Crippen LogP contribution in [0.5, 0.6) is 0 Å². The van der Waals surface area contributed by atoms with Crippen molar-refractivity contribution in [2.45, 2.75) is 24.0 Å². The molecule has 1 aliphatic rings. The predicted octanol–water partition coefficient (Wildman–Crippen LogP) is 4.45. The molecule has 37 heavy (non-hydrogen) atoms. The molecule has 196 valence electrons. The number of aromatic nitrogens is 2. The molecule has 0 bridgehead atoms. The summed E-state index contributed by atoms with van der Waals surface area (Å²) in [4.78, 5) is 22.2. The molecule has 1 atom stereocenters. The average Bonchev–Trinajstić information content (AvgIpc) is 2.83. The molecule has 1 unspecified atom stereocenters. The summed E-state index contributed by atoms with van der Waals surface area (Å²) >= 11 is 0. The summed E-state index contributed by atoms with van der Waals surface area (Å²) in [5, 5.41) is 0. The first-order chi connectivity index (χ1) is 17.3. The number of Topliss-reactive ketones (excluding diaryl/α,β-unsaturated/α-hetero) is 1. The van der Waals surface area contributed by atoms with Crippen LogP contribution < -0.4 is 9.80 Å². The lowest BCUT2D eigenvalue weighted by atomic mass is 10.0. The number of carbonyl (C=O) groups excluding carboxylic acids is 1. The quantitative estimate of drug-likeness (QED) is 0.349. The maximum absolute atomic E-state index is 14.1. The second-order valence-electron chi connectivity index (χ2n) is 8.58. The number of rotatable bonds is 5. The second kappa shape index (κ2) is 9.69. The summed E-state index contributed by atoms with van der Waals surface area (Å²) in [7, 11) is -3.86. The third-order valence-corrected chi connectivity index (χ3v) is 7.11. The lowest BCUT2D eigenvalue weighted by molar-refractivity contribution is -0.141. The normalized spacial score (nSPS) is 16.7. The zero-order valence-corrected chi connectivity index (χ0v) is 20.4. The Hall–Kier alpha value is -3.61. The Morgan fingerprint density at radius 3 is 2.32 bits per heavy atom. The molecule has 0 radical (unpaired) electrons. The van der Waals surface area contributed by atoms with Crippen LogP contribution in [0.25, 0.3) is 0 Å².